The highest BCUT2D eigenvalue weighted by atomic mass is 15.2. The van der Waals surface area contributed by atoms with E-state index >= 15 is 0 Å². The molecule has 0 bridgehead atoms. The normalized spacial score (nSPS) is 24.5. The van der Waals surface area contributed by atoms with Gasteiger partial charge in [0.05, 0.1) is 5.69 Å². The summed E-state index contributed by atoms with van der Waals surface area (Å²) in [5.74, 6) is 1.39. The summed E-state index contributed by atoms with van der Waals surface area (Å²) in [5, 5.41) is 12.0. The summed E-state index contributed by atoms with van der Waals surface area (Å²) in [6.07, 6.45) is 2.98. The molecule has 20 heavy (non-hydrogen) atoms. The number of rotatable bonds is 5. The molecule has 0 spiro atoms. The maximum atomic E-state index is 4.24. The highest BCUT2D eigenvalue weighted by Gasteiger charge is 2.30. The molecule has 1 aromatic heterocycles. The second-order valence-corrected chi connectivity index (χ2v) is 6.69. The number of hydrogen-bond donors (Lipinski definition) is 1. The van der Waals surface area contributed by atoms with E-state index in [1.165, 1.54) is 6.42 Å². The summed E-state index contributed by atoms with van der Waals surface area (Å²) < 4.78 is 0. The lowest BCUT2D eigenvalue weighted by atomic mass is 9.95. The predicted octanol–water partition coefficient (Wildman–Crippen LogP) is 2.32. The molecule has 2 heterocycles. The van der Waals surface area contributed by atoms with Crippen molar-refractivity contribution < 1.29 is 0 Å². The van der Waals surface area contributed by atoms with Gasteiger partial charge in [-0.3, -0.25) is 4.90 Å². The Morgan fingerprint density at radius 2 is 2.15 bits per heavy atom. The van der Waals surface area contributed by atoms with Gasteiger partial charge in [0.15, 0.2) is 0 Å². The molecule has 4 heteroatoms. The lowest BCUT2D eigenvalue weighted by Gasteiger charge is -2.42. The second-order valence-electron chi connectivity index (χ2n) is 6.69. The van der Waals surface area contributed by atoms with Crippen LogP contribution in [-0.4, -0.2) is 40.3 Å². The van der Waals surface area contributed by atoms with E-state index in [-0.39, 0.29) is 0 Å². The Kier molecular flexibility index (Phi) is 5.49. The van der Waals surface area contributed by atoms with E-state index in [1.54, 1.807) is 6.20 Å². The van der Waals surface area contributed by atoms with Crippen molar-refractivity contribution in [2.24, 2.45) is 11.8 Å². The molecule has 0 saturated carbocycles. The van der Waals surface area contributed by atoms with E-state index in [9.17, 15) is 0 Å². The van der Waals surface area contributed by atoms with Crippen molar-refractivity contribution in [3.63, 3.8) is 0 Å². The summed E-state index contributed by atoms with van der Waals surface area (Å²) in [7, 11) is 0. The Hall–Kier alpha value is -1.00. The summed E-state index contributed by atoms with van der Waals surface area (Å²) in [5.41, 5.74) is 1.07. The lowest BCUT2D eigenvalue weighted by molar-refractivity contribution is 0.0837. The smallest absolute Gasteiger partial charge is 0.0771 e. The highest BCUT2D eigenvalue weighted by Crippen LogP contribution is 2.20. The molecule has 2 unspecified atom stereocenters. The predicted molar refractivity (Wildman–Crippen MR) is 82.3 cm³/mol. The Morgan fingerprint density at radius 3 is 2.75 bits per heavy atom. The first kappa shape index (κ1) is 15.4. The van der Waals surface area contributed by atoms with Crippen molar-refractivity contribution in [1.82, 2.24) is 20.4 Å². The van der Waals surface area contributed by atoms with Gasteiger partial charge < -0.3 is 5.32 Å². The molecule has 4 nitrogen and oxygen atoms in total. The molecular weight excluding hydrogens is 248 g/mol. The summed E-state index contributed by atoms with van der Waals surface area (Å²) in [6.45, 7) is 12.3. The van der Waals surface area contributed by atoms with Gasteiger partial charge in [0.25, 0.3) is 0 Å². The third kappa shape index (κ3) is 4.25. The molecule has 1 fully saturated rings. The average molecular weight is 276 g/mol. The van der Waals surface area contributed by atoms with Gasteiger partial charge in [0.2, 0.25) is 0 Å². The van der Waals surface area contributed by atoms with Crippen molar-refractivity contribution >= 4 is 0 Å². The Balaban J connectivity index is 2.03. The fourth-order valence-electron chi connectivity index (χ4n) is 3.09. The van der Waals surface area contributed by atoms with Crippen LogP contribution in [0, 0.1) is 11.8 Å². The van der Waals surface area contributed by atoms with E-state index < -0.39 is 0 Å². The molecule has 0 amide bonds. The molecule has 2 atom stereocenters. The zero-order valence-electron chi connectivity index (χ0n) is 13.2. The number of piperazine rings is 1. The minimum atomic E-state index is 0.584. The number of hydrogen-bond acceptors (Lipinski definition) is 4. The molecule has 1 aliphatic heterocycles. The van der Waals surface area contributed by atoms with Gasteiger partial charge in [-0.05, 0) is 30.4 Å². The van der Waals surface area contributed by atoms with E-state index in [4.69, 9.17) is 0 Å². The molecular formula is C16H28N4. The topological polar surface area (TPSA) is 41.1 Å². The van der Waals surface area contributed by atoms with Crippen LogP contribution in [0.2, 0.25) is 0 Å². The third-order valence-electron chi connectivity index (χ3n) is 4.06. The Bertz CT molecular complexity index is 391. The first-order valence-electron chi connectivity index (χ1n) is 7.80. The van der Waals surface area contributed by atoms with Crippen molar-refractivity contribution in [1.29, 1.82) is 0 Å². The van der Waals surface area contributed by atoms with Gasteiger partial charge >= 0.3 is 0 Å². The van der Waals surface area contributed by atoms with Gasteiger partial charge in [-0.1, -0.05) is 27.7 Å². The number of nitrogens with zero attached hydrogens (tertiary/aromatic N) is 3. The maximum absolute atomic E-state index is 4.24. The molecule has 0 radical (unpaired) electrons. The van der Waals surface area contributed by atoms with Crippen molar-refractivity contribution in [2.45, 2.75) is 52.7 Å². The molecule has 1 aliphatic rings. The average Bonchev–Trinajstić information content (AvgIpc) is 2.39. The number of nitrogens with one attached hydrogen (secondary N) is 1. The van der Waals surface area contributed by atoms with E-state index in [0.717, 1.165) is 31.2 Å². The van der Waals surface area contributed by atoms with Gasteiger partial charge in [-0.2, -0.15) is 10.2 Å². The molecule has 2 rings (SSSR count). The zero-order chi connectivity index (χ0) is 14.5. The highest BCUT2D eigenvalue weighted by molar-refractivity contribution is 5.01. The van der Waals surface area contributed by atoms with Crippen LogP contribution in [-0.2, 0) is 6.54 Å². The molecule has 1 aromatic rings. The summed E-state index contributed by atoms with van der Waals surface area (Å²) in [6, 6.07) is 5.23. The van der Waals surface area contributed by atoms with E-state index in [0.29, 0.717) is 18.0 Å². The largest absolute Gasteiger partial charge is 0.311 e. The maximum Gasteiger partial charge on any atom is 0.0771 e. The third-order valence-corrected chi connectivity index (χ3v) is 4.06. The van der Waals surface area contributed by atoms with Gasteiger partial charge in [0.1, 0.15) is 0 Å². The molecule has 1 N–H and O–H groups in total. The zero-order valence-corrected chi connectivity index (χ0v) is 13.2. The number of aromatic nitrogens is 2. The van der Waals surface area contributed by atoms with Crippen LogP contribution in [0.1, 0.15) is 39.8 Å². The summed E-state index contributed by atoms with van der Waals surface area (Å²) in [4.78, 5) is 2.58. The van der Waals surface area contributed by atoms with Gasteiger partial charge in [-0.15, -0.1) is 0 Å². The second kappa shape index (κ2) is 7.14. The van der Waals surface area contributed by atoms with Crippen molar-refractivity contribution in [2.75, 3.05) is 13.1 Å². The SMILES string of the molecule is CC(C)CC1CN(Cc2cccnn2)C(C(C)C)CN1. The summed E-state index contributed by atoms with van der Waals surface area (Å²) >= 11 is 0. The molecule has 112 valence electrons. The van der Waals surface area contributed by atoms with Crippen LogP contribution < -0.4 is 5.32 Å². The fraction of sp³-hybridized carbons (Fsp3) is 0.750. The van der Waals surface area contributed by atoms with Crippen LogP contribution >= 0.6 is 0 Å². The Labute approximate surface area is 123 Å². The van der Waals surface area contributed by atoms with Crippen LogP contribution in [0.25, 0.3) is 0 Å². The first-order chi connectivity index (χ1) is 9.56. The minimum Gasteiger partial charge on any atom is -0.311 e. The standard InChI is InChI=1S/C16H28N4/c1-12(2)8-15-11-20(16(9-17-15)13(3)4)10-14-6-5-7-18-19-14/h5-7,12-13,15-17H,8-11H2,1-4H3. The van der Waals surface area contributed by atoms with E-state index in [2.05, 4.69) is 54.2 Å². The first-order valence-corrected chi connectivity index (χ1v) is 7.80. The molecule has 0 aliphatic carbocycles. The van der Waals surface area contributed by atoms with Crippen molar-refractivity contribution in [3.8, 4) is 0 Å². The Morgan fingerprint density at radius 1 is 1.35 bits per heavy atom. The van der Waals surface area contributed by atoms with Crippen LogP contribution in [0.15, 0.2) is 18.3 Å². The fourth-order valence-corrected chi connectivity index (χ4v) is 3.09. The van der Waals surface area contributed by atoms with Crippen LogP contribution in [0.4, 0.5) is 0 Å². The van der Waals surface area contributed by atoms with E-state index in [1.807, 2.05) is 6.07 Å². The monoisotopic (exact) mass is 276 g/mol. The van der Waals surface area contributed by atoms with Gasteiger partial charge in [0, 0.05) is 37.9 Å². The van der Waals surface area contributed by atoms with Gasteiger partial charge in [-0.25, -0.2) is 0 Å². The molecule has 0 aromatic carbocycles. The van der Waals surface area contributed by atoms with Crippen LogP contribution in [0.3, 0.4) is 0 Å². The quantitative estimate of drug-likeness (QED) is 0.896. The van der Waals surface area contributed by atoms with Crippen LogP contribution in [0.5, 0.6) is 0 Å². The lowest BCUT2D eigenvalue weighted by Crippen LogP contribution is -2.58. The molecule has 1 saturated heterocycles. The van der Waals surface area contributed by atoms with Crippen molar-refractivity contribution in [3.05, 3.63) is 24.0 Å². The minimum absolute atomic E-state index is 0.584.